The van der Waals surface area contributed by atoms with Gasteiger partial charge in [0.05, 0.1) is 18.0 Å². The highest BCUT2D eigenvalue weighted by atomic mass is 35.5. The molecule has 0 bridgehead atoms. The lowest BCUT2D eigenvalue weighted by Gasteiger charge is -2.43. The lowest BCUT2D eigenvalue weighted by Crippen LogP contribution is -2.60. The van der Waals surface area contributed by atoms with Gasteiger partial charge in [-0.25, -0.2) is 0 Å². The highest BCUT2D eigenvalue weighted by Gasteiger charge is 2.39. The standard InChI is InChI=1S/C21H25F6N3O2.ClH/c22-20(23,24)12-19(32)30-10-9-29(14-17(30)13-28-7-1-2-8-28)18(31)11-15-3-5-16(6-4-15)21(25,26)27;/h3-6,17H,1-2,7-14H2;1H. The summed E-state index contributed by atoms with van der Waals surface area (Å²) in [5.74, 6) is -1.34. The van der Waals surface area contributed by atoms with E-state index in [0.29, 0.717) is 12.1 Å². The van der Waals surface area contributed by atoms with Crippen LogP contribution in [0.1, 0.15) is 30.4 Å². The topological polar surface area (TPSA) is 43.9 Å². The number of hydrogen-bond acceptors (Lipinski definition) is 3. The Bertz CT molecular complexity index is 810. The van der Waals surface area contributed by atoms with E-state index in [4.69, 9.17) is 0 Å². The van der Waals surface area contributed by atoms with Crippen LogP contribution in [0, 0.1) is 0 Å². The van der Waals surface area contributed by atoms with E-state index in [9.17, 15) is 35.9 Å². The van der Waals surface area contributed by atoms with Gasteiger partial charge in [-0.3, -0.25) is 9.59 Å². The molecule has 3 rings (SSSR count). The van der Waals surface area contributed by atoms with Crippen molar-refractivity contribution in [1.29, 1.82) is 0 Å². The maximum atomic E-state index is 12.7. The summed E-state index contributed by atoms with van der Waals surface area (Å²) in [6, 6.07) is 3.74. The molecule has 1 unspecified atom stereocenters. The number of halogens is 7. The molecular weight excluding hydrogens is 476 g/mol. The van der Waals surface area contributed by atoms with E-state index in [1.54, 1.807) is 0 Å². The van der Waals surface area contributed by atoms with E-state index in [-0.39, 0.29) is 44.4 Å². The van der Waals surface area contributed by atoms with Gasteiger partial charge >= 0.3 is 12.4 Å². The SMILES string of the molecule is Cl.O=C(Cc1ccc(C(F)(F)F)cc1)N1CCN(C(=O)CC(F)(F)F)C(CN2CCCC2)C1. The van der Waals surface area contributed by atoms with Gasteiger partial charge in [0.2, 0.25) is 11.8 Å². The second-order valence-electron chi connectivity index (χ2n) is 8.25. The fourth-order valence-electron chi connectivity index (χ4n) is 4.20. The van der Waals surface area contributed by atoms with Crippen molar-refractivity contribution in [2.45, 2.75) is 44.1 Å². The first kappa shape index (κ1) is 27.2. The summed E-state index contributed by atoms with van der Waals surface area (Å²) in [6.07, 6.45) is -8.79. The quantitative estimate of drug-likeness (QED) is 0.577. The van der Waals surface area contributed by atoms with Crippen molar-refractivity contribution in [3.05, 3.63) is 35.4 Å². The molecule has 2 aliphatic rings. The molecule has 2 heterocycles. The first-order valence-corrected chi connectivity index (χ1v) is 10.4. The van der Waals surface area contributed by atoms with Crippen molar-refractivity contribution in [2.75, 3.05) is 39.3 Å². The number of alkyl halides is 6. The van der Waals surface area contributed by atoms with Crippen LogP contribution < -0.4 is 0 Å². The third kappa shape index (κ3) is 7.77. The van der Waals surface area contributed by atoms with E-state index >= 15 is 0 Å². The van der Waals surface area contributed by atoms with Gasteiger partial charge < -0.3 is 14.7 Å². The smallest absolute Gasteiger partial charge is 0.339 e. The van der Waals surface area contributed by atoms with Crippen LogP contribution in [0.15, 0.2) is 24.3 Å². The Morgan fingerprint density at radius 1 is 0.879 bits per heavy atom. The van der Waals surface area contributed by atoms with Crippen molar-refractivity contribution in [3.63, 3.8) is 0 Å². The summed E-state index contributed by atoms with van der Waals surface area (Å²) >= 11 is 0. The van der Waals surface area contributed by atoms with Crippen molar-refractivity contribution < 1.29 is 35.9 Å². The van der Waals surface area contributed by atoms with Gasteiger partial charge in [-0.05, 0) is 43.6 Å². The highest BCUT2D eigenvalue weighted by molar-refractivity contribution is 5.85. The maximum Gasteiger partial charge on any atom is 0.416 e. The lowest BCUT2D eigenvalue weighted by atomic mass is 10.1. The monoisotopic (exact) mass is 501 g/mol. The van der Waals surface area contributed by atoms with E-state index in [1.807, 2.05) is 0 Å². The van der Waals surface area contributed by atoms with Crippen LogP contribution in [0.4, 0.5) is 26.3 Å². The fourth-order valence-corrected chi connectivity index (χ4v) is 4.20. The van der Waals surface area contributed by atoms with Crippen LogP contribution in [-0.2, 0) is 22.2 Å². The summed E-state index contributed by atoms with van der Waals surface area (Å²) in [7, 11) is 0. The van der Waals surface area contributed by atoms with Gasteiger partial charge in [0.15, 0.2) is 0 Å². The molecule has 12 heteroatoms. The molecular formula is C21H26ClF6N3O2. The Morgan fingerprint density at radius 3 is 2.03 bits per heavy atom. The van der Waals surface area contributed by atoms with Crippen LogP contribution in [-0.4, -0.2) is 78.0 Å². The second-order valence-corrected chi connectivity index (χ2v) is 8.25. The zero-order valence-electron chi connectivity index (χ0n) is 17.8. The minimum atomic E-state index is -4.61. The summed E-state index contributed by atoms with van der Waals surface area (Å²) < 4.78 is 76.4. The van der Waals surface area contributed by atoms with Crippen LogP contribution in [0.3, 0.4) is 0 Å². The van der Waals surface area contributed by atoms with Gasteiger partial charge in [-0.2, -0.15) is 26.3 Å². The average molecular weight is 502 g/mol. The molecule has 0 radical (unpaired) electrons. The Hall–Kier alpha value is -2.01. The normalized spacial score (nSPS) is 20.0. The first-order valence-electron chi connectivity index (χ1n) is 10.4. The van der Waals surface area contributed by atoms with E-state index in [1.165, 1.54) is 21.9 Å². The van der Waals surface area contributed by atoms with Gasteiger partial charge in [0.25, 0.3) is 0 Å². The van der Waals surface area contributed by atoms with Gasteiger partial charge in [-0.15, -0.1) is 12.4 Å². The highest BCUT2D eigenvalue weighted by Crippen LogP contribution is 2.29. The molecule has 2 aliphatic heterocycles. The van der Waals surface area contributed by atoms with Crippen LogP contribution in [0.5, 0.6) is 0 Å². The third-order valence-electron chi connectivity index (χ3n) is 5.81. The number of likely N-dealkylation sites (tertiary alicyclic amines) is 1. The molecule has 5 nitrogen and oxygen atoms in total. The zero-order valence-corrected chi connectivity index (χ0v) is 18.6. The van der Waals surface area contributed by atoms with Gasteiger partial charge in [0, 0.05) is 26.2 Å². The van der Waals surface area contributed by atoms with Crippen LogP contribution in [0.2, 0.25) is 0 Å². The molecule has 2 amide bonds. The molecule has 33 heavy (non-hydrogen) atoms. The Morgan fingerprint density at radius 2 is 1.48 bits per heavy atom. The molecule has 2 saturated heterocycles. The molecule has 0 aliphatic carbocycles. The number of carbonyl (C=O) groups excluding carboxylic acids is 2. The van der Waals surface area contributed by atoms with Gasteiger partial charge in [-0.1, -0.05) is 12.1 Å². The number of piperazine rings is 1. The molecule has 1 aromatic carbocycles. The molecule has 1 aromatic rings. The summed E-state index contributed by atoms with van der Waals surface area (Å²) in [4.78, 5) is 29.8. The van der Waals surface area contributed by atoms with E-state index in [2.05, 4.69) is 4.90 Å². The Labute approximate surface area is 194 Å². The summed E-state index contributed by atoms with van der Waals surface area (Å²) in [5.41, 5.74) is -0.397. The molecule has 1 atom stereocenters. The van der Waals surface area contributed by atoms with E-state index in [0.717, 1.165) is 38.1 Å². The van der Waals surface area contributed by atoms with Crippen LogP contribution in [0.25, 0.3) is 0 Å². The van der Waals surface area contributed by atoms with Crippen molar-refractivity contribution >= 4 is 24.2 Å². The Balaban J connectivity index is 0.00000385. The lowest BCUT2D eigenvalue weighted by molar-refractivity contribution is -0.166. The number of benzene rings is 1. The number of nitrogens with zero attached hydrogens (tertiary/aromatic N) is 3. The van der Waals surface area contributed by atoms with Crippen molar-refractivity contribution in [3.8, 4) is 0 Å². The first-order chi connectivity index (χ1) is 14.9. The average Bonchev–Trinajstić information content (AvgIpc) is 3.19. The number of hydrogen-bond donors (Lipinski definition) is 0. The predicted molar refractivity (Wildman–Crippen MR) is 111 cm³/mol. The fraction of sp³-hybridized carbons (Fsp3) is 0.619. The number of amides is 2. The van der Waals surface area contributed by atoms with Gasteiger partial charge in [0.1, 0.15) is 6.42 Å². The molecule has 0 spiro atoms. The summed E-state index contributed by atoms with van der Waals surface area (Å²) in [6.45, 7) is 2.13. The molecule has 0 aromatic heterocycles. The predicted octanol–water partition coefficient (Wildman–Crippen LogP) is 3.76. The van der Waals surface area contributed by atoms with Crippen molar-refractivity contribution in [1.82, 2.24) is 14.7 Å². The number of rotatable bonds is 5. The molecule has 0 saturated carbocycles. The van der Waals surface area contributed by atoms with Crippen molar-refractivity contribution in [2.24, 2.45) is 0 Å². The van der Waals surface area contributed by atoms with E-state index < -0.39 is 36.3 Å². The summed E-state index contributed by atoms with van der Waals surface area (Å²) in [5, 5.41) is 0. The minimum absolute atomic E-state index is 0. The zero-order chi connectivity index (χ0) is 23.5. The minimum Gasteiger partial charge on any atom is -0.339 e. The molecule has 186 valence electrons. The Kier molecular flexibility index (Phi) is 9.03. The third-order valence-corrected chi connectivity index (χ3v) is 5.81. The second kappa shape index (κ2) is 10.9. The molecule has 0 N–H and O–H groups in total. The maximum absolute atomic E-state index is 12.7. The largest absolute Gasteiger partial charge is 0.416 e. The van der Waals surface area contributed by atoms with Crippen LogP contribution >= 0.6 is 12.4 Å². The molecule has 2 fully saturated rings. The number of carbonyl (C=O) groups is 2.